The smallest absolute Gasteiger partial charge is 0.0633 e. The van der Waals surface area contributed by atoms with E-state index in [0.29, 0.717) is 30.1 Å². The van der Waals surface area contributed by atoms with Crippen LogP contribution in [0.1, 0.15) is 78.1 Å². The fraction of sp³-hybridized carbons (Fsp3) is 0.909. The fourth-order valence-corrected chi connectivity index (χ4v) is 4.83. The number of aliphatic hydroxyl groups is 1. The van der Waals surface area contributed by atoms with Gasteiger partial charge >= 0.3 is 0 Å². The van der Waals surface area contributed by atoms with Gasteiger partial charge < -0.3 is 14.6 Å². The Hall–Kier alpha value is -0.380. The van der Waals surface area contributed by atoms with Crippen LogP contribution in [0.5, 0.6) is 0 Å². The Morgan fingerprint density at radius 2 is 1.72 bits per heavy atom. The van der Waals surface area contributed by atoms with Gasteiger partial charge in [-0.25, -0.2) is 0 Å². The van der Waals surface area contributed by atoms with E-state index in [2.05, 4.69) is 26.0 Å². The summed E-state index contributed by atoms with van der Waals surface area (Å²) in [7, 11) is 0. The van der Waals surface area contributed by atoms with Crippen LogP contribution >= 0.6 is 0 Å². The molecule has 3 nitrogen and oxygen atoms in total. The van der Waals surface area contributed by atoms with E-state index in [1.165, 1.54) is 44.9 Å². The first-order chi connectivity index (χ1) is 12.1. The summed E-state index contributed by atoms with van der Waals surface area (Å²) in [6, 6.07) is 0. The van der Waals surface area contributed by atoms with Crippen molar-refractivity contribution in [3.8, 4) is 0 Å². The number of ether oxygens (including phenoxy) is 2. The van der Waals surface area contributed by atoms with Crippen molar-refractivity contribution in [1.29, 1.82) is 0 Å². The van der Waals surface area contributed by atoms with E-state index >= 15 is 0 Å². The van der Waals surface area contributed by atoms with Gasteiger partial charge in [-0.2, -0.15) is 0 Å². The van der Waals surface area contributed by atoms with Gasteiger partial charge in [0.1, 0.15) is 0 Å². The van der Waals surface area contributed by atoms with Crippen LogP contribution in [0.4, 0.5) is 0 Å². The van der Waals surface area contributed by atoms with Crippen molar-refractivity contribution < 1.29 is 14.6 Å². The van der Waals surface area contributed by atoms with Crippen LogP contribution in [-0.2, 0) is 9.47 Å². The third-order valence-electron chi connectivity index (χ3n) is 6.66. The molecule has 144 valence electrons. The van der Waals surface area contributed by atoms with Gasteiger partial charge in [-0.1, -0.05) is 45.3 Å². The molecular weight excluding hydrogens is 312 g/mol. The second kappa shape index (κ2) is 9.01. The zero-order valence-electron chi connectivity index (χ0n) is 16.3. The van der Waals surface area contributed by atoms with Gasteiger partial charge in [0.05, 0.1) is 24.9 Å². The van der Waals surface area contributed by atoms with Gasteiger partial charge in [-0.05, 0) is 56.3 Å². The highest BCUT2D eigenvalue weighted by molar-refractivity contribution is 5.00. The predicted octanol–water partition coefficient (Wildman–Crippen LogP) is 4.87. The molecule has 25 heavy (non-hydrogen) atoms. The molecule has 0 aromatic rings. The van der Waals surface area contributed by atoms with Crippen molar-refractivity contribution in [2.45, 2.75) is 96.4 Å². The Balaban J connectivity index is 1.43. The third kappa shape index (κ3) is 5.30. The largest absolute Gasteiger partial charge is 0.396 e. The molecule has 2 heterocycles. The lowest BCUT2D eigenvalue weighted by molar-refractivity contribution is -0.0130. The average molecular weight is 351 g/mol. The maximum Gasteiger partial charge on any atom is 0.0633 e. The van der Waals surface area contributed by atoms with Gasteiger partial charge in [0, 0.05) is 12.5 Å². The first-order valence-corrected chi connectivity index (χ1v) is 10.6. The van der Waals surface area contributed by atoms with Crippen molar-refractivity contribution in [2.24, 2.45) is 17.3 Å². The van der Waals surface area contributed by atoms with Crippen LogP contribution in [0.15, 0.2) is 12.2 Å². The summed E-state index contributed by atoms with van der Waals surface area (Å²) in [5.41, 5.74) is 0.0379. The van der Waals surface area contributed by atoms with Crippen molar-refractivity contribution in [1.82, 2.24) is 0 Å². The molecule has 4 atom stereocenters. The van der Waals surface area contributed by atoms with E-state index in [-0.39, 0.29) is 12.0 Å². The Kier molecular flexibility index (Phi) is 6.99. The predicted molar refractivity (Wildman–Crippen MR) is 102 cm³/mol. The molecule has 0 radical (unpaired) electrons. The van der Waals surface area contributed by atoms with Crippen LogP contribution in [0, 0.1) is 17.3 Å². The molecule has 1 N–H and O–H groups in total. The van der Waals surface area contributed by atoms with Crippen LogP contribution in [0.25, 0.3) is 0 Å². The second-order valence-electron chi connectivity index (χ2n) is 9.28. The molecule has 0 aromatic heterocycles. The lowest BCUT2D eigenvalue weighted by Crippen LogP contribution is -2.32. The molecule has 3 fully saturated rings. The van der Waals surface area contributed by atoms with Gasteiger partial charge in [-0.15, -0.1) is 0 Å². The van der Waals surface area contributed by atoms with Crippen LogP contribution in [-0.4, -0.2) is 36.6 Å². The summed E-state index contributed by atoms with van der Waals surface area (Å²) in [6.45, 7) is 5.43. The molecule has 3 heteroatoms. The van der Waals surface area contributed by atoms with Crippen LogP contribution < -0.4 is 0 Å². The zero-order chi connectivity index (χ0) is 17.7. The highest BCUT2D eigenvalue weighted by Crippen LogP contribution is 2.45. The molecule has 0 spiro atoms. The fourth-order valence-electron chi connectivity index (χ4n) is 4.83. The Bertz CT molecular complexity index is 425. The van der Waals surface area contributed by atoms with Crippen molar-refractivity contribution in [3.05, 3.63) is 12.2 Å². The summed E-state index contributed by atoms with van der Waals surface area (Å²) in [6.07, 6.45) is 18.3. The van der Waals surface area contributed by atoms with E-state index in [0.717, 1.165) is 25.9 Å². The van der Waals surface area contributed by atoms with Crippen molar-refractivity contribution in [2.75, 3.05) is 13.2 Å². The van der Waals surface area contributed by atoms with E-state index < -0.39 is 0 Å². The molecule has 2 aliphatic heterocycles. The average Bonchev–Trinajstić information content (AvgIpc) is 3.22. The van der Waals surface area contributed by atoms with Gasteiger partial charge in [0.2, 0.25) is 0 Å². The molecule has 3 rings (SSSR count). The number of fused-ring (bicyclic) bond motifs is 2. The molecular formula is C22H38O3. The summed E-state index contributed by atoms with van der Waals surface area (Å²) in [5.74, 6) is 1.24. The molecule has 0 amide bonds. The summed E-state index contributed by atoms with van der Waals surface area (Å²) in [4.78, 5) is 0. The molecule has 2 saturated heterocycles. The summed E-state index contributed by atoms with van der Waals surface area (Å²) >= 11 is 0. The molecule has 0 aromatic carbocycles. The third-order valence-corrected chi connectivity index (χ3v) is 6.66. The van der Waals surface area contributed by atoms with Gasteiger partial charge in [-0.3, -0.25) is 0 Å². The Labute approximate surface area is 154 Å². The number of allylic oxidation sites excluding steroid dienone is 2. The summed E-state index contributed by atoms with van der Waals surface area (Å²) < 4.78 is 12.5. The first-order valence-electron chi connectivity index (χ1n) is 10.6. The van der Waals surface area contributed by atoms with Crippen LogP contribution in [0.2, 0.25) is 0 Å². The molecule has 1 aliphatic carbocycles. The standard InChI is InChI=1S/C22H38O3/c1-22(2,16-23)14-8-4-7-11-18-19(21-13-12-20(18)25-21)15-24-17-9-5-3-6-10-17/h4,7,17-21,23H,3,5-6,8-16H2,1-2H3/t18-,19+,20-,21+/m0/s1. The highest BCUT2D eigenvalue weighted by atomic mass is 16.5. The Morgan fingerprint density at radius 3 is 2.44 bits per heavy atom. The topological polar surface area (TPSA) is 38.7 Å². The quantitative estimate of drug-likeness (QED) is 0.603. The van der Waals surface area contributed by atoms with E-state index in [4.69, 9.17) is 9.47 Å². The van der Waals surface area contributed by atoms with Crippen LogP contribution in [0.3, 0.4) is 0 Å². The molecule has 0 unspecified atom stereocenters. The van der Waals surface area contributed by atoms with E-state index in [9.17, 15) is 5.11 Å². The van der Waals surface area contributed by atoms with Gasteiger partial charge in [0.25, 0.3) is 0 Å². The number of hydrogen-bond donors (Lipinski definition) is 1. The number of aliphatic hydroxyl groups excluding tert-OH is 1. The molecule has 3 aliphatic rings. The maximum absolute atomic E-state index is 9.34. The second-order valence-corrected chi connectivity index (χ2v) is 9.28. The summed E-state index contributed by atoms with van der Waals surface area (Å²) in [5, 5.41) is 9.34. The highest BCUT2D eigenvalue weighted by Gasteiger charge is 2.48. The molecule has 1 saturated carbocycles. The normalized spacial score (nSPS) is 33.6. The lowest BCUT2D eigenvalue weighted by Gasteiger charge is -2.30. The minimum atomic E-state index is 0.0379. The zero-order valence-corrected chi connectivity index (χ0v) is 16.3. The number of rotatable bonds is 9. The SMILES string of the molecule is CC(C)(CO)CCC=CC[C@H]1[C@@H](COC2CCCCC2)[C@H]2CC[C@@H]1O2. The van der Waals surface area contributed by atoms with Gasteiger partial charge in [0.15, 0.2) is 0 Å². The minimum Gasteiger partial charge on any atom is -0.396 e. The molecule has 2 bridgehead atoms. The minimum absolute atomic E-state index is 0.0379. The van der Waals surface area contributed by atoms with E-state index in [1.54, 1.807) is 0 Å². The van der Waals surface area contributed by atoms with Crippen molar-refractivity contribution in [3.63, 3.8) is 0 Å². The monoisotopic (exact) mass is 350 g/mol. The maximum atomic E-state index is 9.34. The first kappa shape index (κ1) is 19.4. The van der Waals surface area contributed by atoms with E-state index in [1.807, 2.05) is 0 Å². The number of hydrogen-bond acceptors (Lipinski definition) is 3. The van der Waals surface area contributed by atoms with Crippen molar-refractivity contribution >= 4 is 0 Å². The Morgan fingerprint density at radius 1 is 1.00 bits per heavy atom. The lowest BCUT2D eigenvalue weighted by atomic mass is 9.77.